The summed E-state index contributed by atoms with van der Waals surface area (Å²) in [6.07, 6.45) is 28.8. The smallest absolute Gasteiger partial charge is 0.0468 e. The van der Waals surface area contributed by atoms with Crippen molar-refractivity contribution in [3.05, 3.63) is 164 Å². The maximum Gasteiger partial charge on any atom is 0.0468 e. The minimum atomic E-state index is 0.425. The molecule has 0 amide bonds. The van der Waals surface area contributed by atoms with Crippen LogP contribution in [-0.2, 0) is 0 Å². The van der Waals surface area contributed by atoms with Crippen LogP contribution >= 0.6 is 22.7 Å². The lowest BCUT2D eigenvalue weighted by Gasteiger charge is -2.30. The maximum absolute atomic E-state index is 4.18. The van der Waals surface area contributed by atoms with Crippen molar-refractivity contribution in [2.75, 3.05) is 0 Å². The maximum atomic E-state index is 4.18. The van der Waals surface area contributed by atoms with Gasteiger partial charge < -0.3 is 4.90 Å². The Balaban J connectivity index is 1.69. The van der Waals surface area contributed by atoms with Crippen molar-refractivity contribution < 1.29 is 0 Å². The SMILES string of the molecule is C=C/C(=C\C=C(/C)c1cccs1)N(C1=CC=C=C(/C(C)=C/C=C\C)C=C1)C1=CCC(c2cccs2)C=C1. The van der Waals surface area contributed by atoms with Crippen molar-refractivity contribution in [1.29, 1.82) is 0 Å². The van der Waals surface area contributed by atoms with Crippen LogP contribution in [0.4, 0.5) is 0 Å². The van der Waals surface area contributed by atoms with Crippen LogP contribution in [-0.4, -0.2) is 4.90 Å². The number of rotatable bonds is 9. The highest BCUT2D eigenvalue weighted by molar-refractivity contribution is 7.11. The predicted molar refractivity (Wildman–Crippen MR) is 164 cm³/mol. The van der Waals surface area contributed by atoms with Crippen LogP contribution in [0.5, 0.6) is 0 Å². The van der Waals surface area contributed by atoms with Crippen LogP contribution in [0.15, 0.2) is 155 Å². The Morgan fingerprint density at radius 2 is 1.84 bits per heavy atom. The number of allylic oxidation sites excluding steroid dienone is 15. The second-order valence-corrected chi connectivity index (χ2v) is 10.8. The van der Waals surface area contributed by atoms with Crippen LogP contribution in [0, 0.1) is 0 Å². The third kappa shape index (κ3) is 6.78. The second kappa shape index (κ2) is 13.1. The van der Waals surface area contributed by atoms with Gasteiger partial charge in [-0.15, -0.1) is 28.4 Å². The summed E-state index contributed by atoms with van der Waals surface area (Å²) in [5.41, 5.74) is 10.2. The van der Waals surface area contributed by atoms with Crippen LogP contribution in [0.2, 0.25) is 0 Å². The highest BCUT2D eigenvalue weighted by Crippen LogP contribution is 2.34. The predicted octanol–water partition coefficient (Wildman–Crippen LogP) is 10.3. The molecule has 0 bridgehead atoms. The molecule has 2 aliphatic rings. The molecule has 2 aromatic rings. The zero-order valence-corrected chi connectivity index (χ0v) is 23.4. The summed E-state index contributed by atoms with van der Waals surface area (Å²) in [4.78, 5) is 4.96. The average Bonchev–Trinajstić information content (AvgIpc) is 3.62. The highest BCUT2D eigenvalue weighted by Gasteiger charge is 2.19. The molecule has 4 rings (SSSR count). The van der Waals surface area contributed by atoms with Gasteiger partial charge >= 0.3 is 0 Å². The summed E-state index contributed by atoms with van der Waals surface area (Å²) < 4.78 is 0. The fourth-order valence-corrected chi connectivity index (χ4v) is 5.71. The standard InChI is InChI=1S/C34H33NS2/c1-5-7-11-26(3)28-12-8-13-31(21-17-28)35(30(6-2)20-16-27(4)33-14-9-24-36-33)32-22-18-29(19-23-32)34-15-10-25-37-34/h5-11,13-18,20-25,29H,2,19H2,1,3-4H3/b7-5-,26-11+,27-16+,30-20+. The van der Waals surface area contributed by atoms with Crippen LogP contribution in [0.3, 0.4) is 0 Å². The van der Waals surface area contributed by atoms with E-state index < -0.39 is 0 Å². The lowest BCUT2D eigenvalue weighted by molar-refractivity contribution is 0.568. The molecule has 0 spiro atoms. The normalized spacial score (nSPS) is 18.5. The van der Waals surface area contributed by atoms with Gasteiger partial charge in [0.25, 0.3) is 0 Å². The summed E-state index contributed by atoms with van der Waals surface area (Å²) >= 11 is 3.58. The van der Waals surface area contributed by atoms with Gasteiger partial charge in [-0.05, 0) is 104 Å². The van der Waals surface area contributed by atoms with E-state index in [4.69, 9.17) is 0 Å². The van der Waals surface area contributed by atoms with Crippen molar-refractivity contribution in [3.63, 3.8) is 0 Å². The summed E-state index contributed by atoms with van der Waals surface area (Å²) in [5.74, 6) is 0.425. The van der Waals surface area contributed by atoms with Gasteiger partial charge in [-0.2, -0.15) is 0 Å². The number of thiophene rings is 2. The van der Waals surface area contributed by atoms with Gasteiger partial charge in [-0.25, -0.2) is 0 Å². The summed E-state index contributed by atoms with van der Waals surface area (Å²) in [7, 11) is 0. The Hall–Kier alpha value is -3.62. The molecule has 1 nitrogen and oxygen atoms in total. The molecule has 0 N–H and O–H groups in total. The summed E-state index contributed by atoms with van der Waals surface area (Å²) in [6.45, 7) is 10.5. The van der Waals surface area contributed by atoms with Crippen LogP contribution in [0.1, 0.15) is 42.9 Å². The zero-order valence-electron chi connectivity index (χ0n) is 21.7. The fourth-order valence-electron chi connectivity index (χ4n) is 4.18. The van der Waals surface area contributed by atoms with E-state index in [2.05, 4.69) is 127 Å². The molecule has 0 aliphatic heterocycles. The van der Waals surface area contributed by atoms with Gasteiger partial charge in [0.05, 0.1) is 0 Å². The Labute approximate surface area is 229 Å². The molecule has 37 heavy (non-hydrogen) atoms. The van der Waals surface area contributed by atoms with Crippen molar-refractivity contribution >= 4 is 28.2 Å². The van der Waals surface area contributed by atoms with E-state index in [1.807, 2.05) is 36.5 Å². The Morgan fingerprint density at radius 1 is 1.00 bits per heavy atom. The highest BCUT2D eigenvalue weighted by atomic mass is 32.1. The first-order valence-corrected chi connectivity index (χ1v) is 14.3. The van der Waals surface area contributed by atoms with Gasteiger partial charge in [0.15, 0.2) is 0 Å². The molecule has 0 saturated carbocycles. The van der Waals surface area contributed by atoms with E-state index in [1.165, 1.54) is 20.9 Å². The molecule has 2 aliphatic carbocycles. The molecule has 0 saturated heterocycles. The summed E-state index contributed by atoms with van der Waals surface area (Å²) in [6, 6.07) is 8.60. The summed E-state index contributed by atoms with van der Waals surface area (Å²) in [5, 5.41) is 4.27. The van der Waals surface area contributed by atoms with Crippen LogP contribution < -0.4 is 0 Å². The molecule has 2 aromatic heterocycles. The molecule has 186 valence electrons. The van der Waals surface area contributed by atoms with Gasteiger partial charge in [0, 0.05) is 38.3 Å². The van der Waals surface area contributed by atoms with E-state index in [9.17, 15) is 0 Å². The van der Waals surface area contributed by atoms with Gasteiger partial charge in [-0.3, -0.25) is 0 Å². The second-order valence-electron chi connectivity index (χ2n) is 8.83. The molecule has 2 heterocycles. The quantitative estimate of drug-likeness (QED) is 0.235. The lowest BCUT2D eigenvalue weighted by Crippen LogP contribution is -2.20. The first-order chi connectivity index (χ1) is 18.1. The number of nitrogens with zero attached hydrogens (tertiary/aromatic N) is 1. The Bertz CT molecular complexity index is 1400. The topological polar surface area (TPSA) is 3.24 Å². The van der Waals surface area contributed by atoms with Crippen molar-refractivity contribution in [2.24, 2.45) is 0 Å². The molecule has 0 aromatic carbocycles. The van der Waals surface area contributed by atoms with Crippen molar-refractivity contribution in [3.8, 4) is 0 Å². The zero-order chi connectivity index (χ0) is 26.0. The monoisotopic (exact) mass is 519 g/mol. The largest absolute Gasteiger partial charge is 0.311 e. The molecular weight excluding hydrogens is 487 g/mol. The van der Waals surface area contributed by atoms with E-state index >= 15 is 0 Å². The molecule has 0 fully saturated rings. The third-order valence-electron chi connectivity index (χ3n) is 6.26. The number of hydrogen-bond donors (Lipinski definition) is 0. The fraction of sp³-hybridized carbons (Fsp3) is 0.147. The minimum Gasteiger partial charge on any atom is -0.311 e. The van der Waals surface area contributed by atoms with Crippen molar-refractivity contribution in [2.45, 2.75) is 33.1 Å². The molecule has 1 unspecified atom stereocenters. The van der Waals surface area contributed by atoms with Gasteiger partial charge in [0.1, 0.15) is 0 Å². The van der Waals surface area contributed by atoms with E-state index in [0.717, 1.165) is 29.1 Å². The molecule has 0 radical (unpaired) electrons. The third-order valence-corrected chi connectivity index (χ3v) is 8.27. The average molecular weight is 520 g/mol. The van der Waals surface area contributed by atoms with Crippen molar-refractivity contribution in [1.82, 2.24) is 4.90 Å². The van der Waals surface area contributed by atoms with E-state index in [1.54, 1.807) is 11.3 Å². The Morgan fingerprint density at radius 3 is 2.51 bits per heavy atom. The molecule has 1 atom stereocenters. The number of hydrogen-bond acceptors (Lipinski definition) is 3. The Kier molecular flexibility index (Phi) is 9.35. The van der Waals surface area contributed by atoms with Gasteiger partial charge in [0.2, 0.25) is 0 Å². The van der Waals surface area contributed by atoms with E-state index in [-0.39, 0.29) is 0 Å². The first-order valence-electron chi connectivity index (χ1n) is 12.5. The lowest BCUT2D eigenvalue weighted by atomic mass is 9.97. The molecular formula is C34H33NS2. The molecule has 3 heteroatoms. The van der Waals surface area contributed by atoms with Crippen LogP contribution in [0.25, 0.3) is 5.57 Å². The van der Waals surface area contributed by atoms with Gasteiger partial charge in [-0.1, -0.05) is 55.2 Å². The minimum absolute atomic E-state index is 0.425. The first kappa shape index (κ1) is 26.4. The van der Waals surface area contributed by atoms with E-state index in [0.29, 0.717) is 5.92 Å².